The summed E-state index contributed by atoms with van der Waals surface area (Å²) < 4.78 is 13.1. The number of rotatable bonds is 6. The summed E-state index contributed by atoms with van der Waals surface area (Å²) in [4.78, 5) is 0. The molecular weight excluding hydrogens is 307 g/mol. The van der Waals surface area contributed by atoms with Crippen molar-refractivity contribution in [1.82, 2.24) is 10.6 Å². The maximum atomic E-state index is 13.1. The molecule has 2 nitrogen and oxygen atoms in total. The van der Waals surface area contributed by atoms with Crippen LogP contribution in [0.3, 0.4) is 0 Å². The molecule has 2 aromatic carbocycles. The first-order chi connectivity index (χ1) is 11.1. The van der Waals surface area contributed by atoms with E-state index in [1.54, 1.807) is 12.1 Å². The average molecular weight is 330 g/mol. The smallest absolute Gasteiger partial charge is 0.166 e. The van der Waals surface area contributed by atoms with Crippen molar-refractivity contribution in [3.05, 3.63) is 71.5 Å². The van der Waals surface area contributed by atoms with E-state index >= 15 is 0 Å². The summed E-state index contributed by atoms with van der Waals surface area (Å²) in [7, 11) is 0. The van der Waals surface area contributed by atoms with E-state index in [-0.39, 0.29) is 11.9 Å². The minimum Gasteiger partial charge on any atom is -0.362 e. The average Bonchev–Trinajstić information content (AvgIpc) is 2.54. The molecule has 2 aromatic rings. The summed E-state index contributed by atoms with van der Waals surface area (Å²) in [6.45, 7) is 5.02. The largest absolute Gasteiger partial charge is 0.362 e. The number of benzene rings is 2. The van der Waals surface area contributed by atoms with Gasteiger partial charge < -0.3 is 10.6 Å². The number of nitrogens with one attached hydrogen (secondary N) is 2. The third-order valence-corrected chi connectivity index (χ3v) is 3.99. The Bertz CT molecular complexity index is 611. The lowest BCUT2D eigenvalue weighted by Gasteiger charge is -2.24. The zero-order chi connectivity index (χ0) is 16.7. The van der Waals surface area contributed by atoms with Gasteiger partial charge in [-0.3, -0.25) is 0 Å². The maximum Gasteiger partial charge on any atom is 0.166 e. The molecule has 0 spiro atoms. The molecule has 4 heteroatoms. The Balaban J connectivity index is 1.87. The van der Waals surface area contributed by atoms with Crippen molar-refractivity contribution in [2.45, 2.75) is 26.3 Å². The van der Waals surface area contributed by atoms with E-state index in [4.69, 9.17) is 12.2 Å². The van der Waals surface area contributed by atoms with Crippen molar-refractivity contribution < 1.29 is 4.39 Å². The highest BCUT2D eigenvalue weighted by Gasteiger charge is 2.16. The Hall–Kier alpha value is -1.94. The molecule has 2 N–H and O–H groups in total. The number of thiocarbonyl (C=S) groups is 1. The SMILES string of the molecule is CC(C)[C@@H](NC(=S)NCCc1ccccc1)c1ccc(F)cc1. The number of hydrogen-bond donors (Lipinski definition) is 2. The monoisotopic (exact) mass is 330 g/mol. The van der Waals surface area contributed by atoms with Gasteiger partial charge in [0, 0.05) is 6.54 Å². The van der Waals surface area contributed by atoms with E-state index in [0.717, 1.165) is 18.5 Å². The van der Waals surface area contributed by atoms with Crippen LogP contribution in [0, 0.1) is 11.7 Å². The first kappa shape index (κ1) is 17.4. The van der Waals surface area contributed by atoms with Gasteiger partial charge in [0.05, 0.1) is 6.04 Å². The van der Waals surface area contributed by atoms with Crippen LogP contribution in [0.15, 0.2) is 54.6 Å². The molecule has 0 radical (unpaired) electrons. The predicted octanol–water partition coefficient (Wildman–Crippen LogP) is 4.23. The van der Waals surface area contributed by atoms with Crippen LogP contribution in [0.1, 0.15) is 31.0 Å². The van der Waals surface area contributed by atoms with Crippen molar-refractivity contribution in [2.75, 3.05) is 6.54 Å². The van der Waals surface area contributed by atoms with Crippen LogP contribution in [0.4, 0.5) is 4.39 Å². The van der Waals surface area contributed by atoms with E-state index in [1.807, 2.05) is 18.2 Å². The molecule has 0 aliphatic rings. The summed E-state index contributed by atoms with van der Waals surface area (Å²) in [5.41, 5.74) is 2.32. The fraction of sp³-hybridized carbons (Fsp3) is 0.316. The minimum absolute atomic E-state index is 0.0623. The molecular formula is C19H23FN2S. The molecule has 0 bridgehead atoms. The Morgan fingerprint density at radius 2 is 1.70 bits per heavy atom. The van der Waals surface area contributed by atoms with Crippen molar-refractivity contribution in [3.63, 3.8) is 0 Å². The van der Waals surface area contributed by atoms with E-state index in [0.29, 0.717) is 11.0 Å². The third kappa shape index (κ3) is 5.64. The van der Waals surface area contributed by atoms with Crippen LogP contribution in [-0.2, 0) is 6.42 Å². The zero-order valence-electron chi connectivity index (χ0n) is 13.6. The first-order valence-corrected chi connectivity index (χ1v) is 8.31. The second-order valence-electron chi connectivity index (χ2n) is 5.91. The second kappa shape index (κ2) is 8.63. The Kier molecular flexibility index (Phi) is 6.53. The number of halogens is 1. The second-order valence-corrected chi connectivity index (χ2v) is 6.32. The molecule has 122 valence electrons. The lowest BCUT2D eigenvalue weighted by molar-refractivity contribution is 0.468. The van der Waals surface area contributed by atoms with Gasteiger partial charge in [0.25, 0.3) is 0 Å². The van der Waals surface area contributed by atoms with Gasteiger partial charge in [-0.1, -0.05) is 56.3 Å². The minimum atomic E-state index is -0.222. The molecule has 0 amide bonds. The van der Waals surface area contributed by atoms with Crippen molar-refractivity contribution >= 4 is 17.3 Å². The van der Waals surface area contributed by atoms with Crippen LogP contribution < -0.4 is 10.6 Å². The molecule has 0 saturated carbocycles. The van der Waals surface area contributed by atoms with E-state index < -0.39 is 0 Å². The molecule has 0 saturated heterocycles. The van der Waals surface area contributed by atoms with Crippen molar-refractivity contribution in [2.24, 2.45) is 5.92 Å². The molecule has 0 aliphatic carbocycles. The molecule has 0 unspecified atom stereocenters. The molecule has 2 rings (SSSR count). The number of hydrogen-bond acceptors (Lipinski definition) is 1. The van der Waals surface area contributed by atoms with Gasteiger partial charge in [0.15, 0.2) is 5.11 Å². The summed E-state index contributed by atoms with van der Waals surface area (Å²) in [5, 5.41) is 7.21. The third-order valence-electron chi connectivity index (χ3n) is 3.72. The molecule has 0 aliphatic heterocycles. The Labute approximate surface area is 143 Å². The van der Waals surface area contributed by atoms with E-state index in [9.17, 15) is 4.39 Å². The van der Waals surface area contributed by atoms with Gasteiger partial charge in [-0.2, -0.15) is 0 Å². The molecule has 23 heavy (non-hydrogen) atoms. The Morgan fingerprint density at radius 1 is 1.04 bits per heavy atom. The highest BCUT2D eigenvalue weighted by molar-refractivity contribution is 7.80. The van der Waals surface area contributed by atoms with E-state index in [2.05, 4.69) is 36.6 Å². The standard InChI is InChI=1S/C19H23FN2S/c1-14(2)18(16-8-10-17(20)11-9-16)22-19(23)21-13-12-15-6-4-3-5-7-15/h3-11,14,18H,12-13H2,1-2H3,(H2,21,22,23)/t18-/m1/s1. The maximum absolute atomic E-state index is 13.1. The summed E-state index contributed by atoms with van der Waals surface area (Å²) in [5.74, 6) is 0.120. The van der Waals surface area contributed by atoms with E-state index in [1.165, 1.54) is 17.7 Å². The van der Waals surface area contributed by atoms with Crippen LogP contribution >= 0.6 is 12.2 Å². The zero-order valence-corrected chi connectivity index (χ0v) is 14.4. The highest BCUT2D eigenvalue weighted by Crippen LogP contribution is 2.21. The van der Waals surface area contributed by atoms with Crippen LogP contribution in [0.5, 0.6) is 0 Å². The van der Waals surface area contributed by atoms with Crippen molar-refractivity contribution in [1.29, 1.82) is 0 Å². The lowest BCUT2D eigenvalue weighted by atomic mass is 9.96. The predicted molar refractivity (Wildman–Crippen MR) is 97.9 cm³/mol. The van der Waals surface area contributed by atoms with Gasteiger partial charge in [-0.05, 0) is 47.8 Å². The van der Waals surface area contributed by atoms with Crippen LogP contribution in [0.2, 0.25) is 0 Å². The lowest BCUT2D eigenvalue weighted by Crippen LogP contribution is -2.40. The molecule has 0 fully saturated rings. The van der Waals surface area contributed by atoms with Crippen molar-refractivity contribution in [3.8, 4) is 0 Å². The molecule has 0 heterocycles. The molecule has 0 aromatic heterocycles. The highest BCUT2D eigenvalue weighted by atomic mass is 32.1. The quantitative estimate of drug-likeness (QED) is 0.775. The van der Waals surface area contributed by atoms with Gasteiger partial charge >= 0.3 is 0 Å². The van der Waals surface area contributed by atoms with Gasteiger partial charge in [-0.25, -0.2) is 4.39 Å². The summed E-state index contributed by atoms with van der Waals surface area (Å²) in [6.07, 6.45) is 0.922. The van der Waals surface area contributed by atoms with Gasteiger partial charge in [0.1, 0.15) is 5.82 Å². The molecule has 1 atom stereocenters. The summed E-state index contributed by atoms with van der Waals surface area (Å²) >= 11 is 5.39. The topological polar surface area (TPSA) is 24.1 Å². The van der Waals surface area contributed by atoms with Crippen LogP contribution in [0.25, 0.3) is 0 Å². The fourth-order valence-electron chi connectivity index (χ4n) is 2.46. The van der Waals surface area contributed by atoms with Gasteiger partial charge in [-0.15, -0.1) is 0 Å². The fourth-order valence-corrected chi connectivity index (χ4v) is 2.69. The van der Waals surface area contributed by atoms with Gasteiger partial charge in [0.2, 0.25) is 0 Å². The normalized spacial score (nSPS) is 12.0. The first-order valence-electron chi connectivity index (χ1n) is 7.90. The Morgan fingerprint density at radius 3 is 2.30 bits per heavy atom. The summed E-state index contributed by atoms with van der Waals surface area (Å²) in [6, 6.07) is 16.9. The van der Waals surface area contributed by atoms with Crippen LogP contribution in [-0.4, -0.2) is 11.7 Å².